The maximum absolute atomic E-state index is 12.2. The van der Waals surface area contributed by atoms with E-state index in [-0.39, 0.29) is 0 Å². The quantitative estimate of drug-likeness (QED) is 0.495. The average molecular weight is 406 g/mol. The van der Waals surface area contributed by atoms with Gasteiger partial charge in [-0.25, -0.2) is 4.79 Å². The number of ether oxygens (including phenoxy) is 1. The molecule has 0 aliphatic carbocycles. The van der Waals surface area contributed by atoms with Gasteiger partial charge in [-0.1, -0.05) is 61.3 Å². The summed E-state index contributed by atoms with van der Waals surface area (Å²) in [6, 6.07) is 12.6. The van der Waals surface area contributed by atoms with Crippen molar-refractivity contribution in [2.45, 2.75) is 32.8 Å². The zero-order chi connectivity index (χ0) is 20.0. The zero-order valence-corrected chi connectivity index (χ0v) is 16.8. The van der Waals surface area contributed by atoms with Crippen LogP contribution in [0.3, 0.4) is 0 Å². The number of rotatable bonds is 6. The second kappa shape index (κ2) is 9.58. The van der Waals surface area contributed by atoms with Crippen molar-refractivity contribution < 1.29 is 14.3 Å². The third-order valence-corrected chi connectivity index (χ3v) is 4.43. The fourth-order valence-electron chi connectivity index (χ4n) is 2.25. The van der Waals surface area contributed by atoms with Gasteiger partial charge in [-0.05, 0) is 48.2 Å². The van der Waals surface area contributed by atoms with Gasteiger partial charge in [0.25, 0.3) is 5.91 Å². The van der Waals surface area contributed by atoms with Crippen LogP contribution in [0.25, 0.3) is 6.08 Å². The van der Waals surface area contributed by atoms with Crippen LogP contribution in [0.4, 0.5) is 5.69 Å². The summed E-state index contributed by atoms with van der Waals surface area (Å²) in [7, 11) is 0. The van der Waals surface area contributed by atoms with Crippen LogP contribution in [0.15, 0.2) is 48.5 Å². The molecule has 0 bridgehead atoms. The van der Waals surface area contributed by atoms with Crippen molar-refractivity contribution in [3.05, 3.63) is 69.7 Å². The van der Waals surface area contributed by atoms with E-state index in [2.05, 4.69) is 19.2 Å². The lowest BCUT2D eigenvalue weighted by Gasteiger charge is -2.13. The highest BCUT2D eigenvalue weighted by molar-refractivity contribution is 6.35. The predicted molar refractivity (Wildman–Crippen MR) is 110 cm³/mol. The van der Waals surface area contributed by atoms with Gasteiger partial charge in [0.05, 0.1) is 10.7 Å². The molecule has 1 N–H and O–H groups in total. The molecule has 0 aliphatic heterocycles. The maximum Gasteiger partial charge on any atom is 0.331 e. The molecule has 27 heavy (non-hydrogen) atoms. The summed E-state index contributed by atoms with van der Waals surface area (Å²) in [5.74, 6) is -0.662. The highest BCUT2D eigenvalue weighted by atomic mass is 35.5. The smallest absolute Gasteiger partial charge is 0.331 e. The minimum atomic E-state index is -0.986. The Labute approximate surface area is 169 Å². The number of amides is 1. The Kier molecular flexibility index (Phi) is 7.45. The van der Waals surface area contributed by atoms with Crippen LogP contribution >= 0.6 is 23.2 Å². The lowest BCUT2D eigenvalue weighted by Crippen LogP contribution is -2.29. The van der Waals surface area contributed by atoms with Crippen LogP contribution in [0, 0.1) is 0 Å². The predicted octanol–water partition coefficient (Wildman–Crippen LogP) is 5.70. The molecule has 2 aromatic carbocycles. The van der Waals surface area contributed by atoms with E-state index < -0.39 is 18.0 Å². The molecule has 0 radical (unpaired) electrons. The molecule has 142 valence electrons. The number of carbonyl (C=O) groups is 2. The first-order valence-electron chi connectivity index (χ1n) is 8.51. The van der Waals surface area contributed by atoms with Crippen molar-refractivity contribution in [1.82, 2.24) is 0 Å². The van der Waals surface area contributed by atoms with Crippen molar-refractivity contribution in [2.24, 2.45) is 0 Å². The van der Waals surface area contributed by atoms with Crippen LogP contribution < -0.4 is 5.32 Å². The Balaban J connectivity index is 1.92. The van der Waals surface area contributed by atoms with E-state index in [4.69, 9.17) is 27.9 Å². The Bertz CT molecular complexity index is 845. The van der Waals surface area contributed by atoms with Crippen LogP contribution in [0.2, 0.25) is 10.0 Å². The standard InChI is InChI=1S/C21H21Cl2NO3/c1-13(2)16-7-4-15(5-8-16)6-11-20(25)27-14(3)21(26)24-19-12-17(22)9-10-18(19)23/h4-14H,1-3H3,(H,24,26)/b11-6+/t14-/m0/s1. The number of anilines is 1. The Hall–Kier alpha value is -2.30. The first-order chi connectivity index (χ1) is 12.8. The fraction of sp³-hybridized carbons (Fsp3) is 0.238. The van der Waals surface area contributed by atoms with Gasteiger partial charge in [-0.2, -0.15) is 0 Å². The number of carbonyl (C=O) groups excluding carboxylic acids is 2. The Morgan fingerprint density at radius 2 is 1.70 bits per heavy atom. The van der Waals surface area contributed by atoms with E-state index >= 15 is 0 Å². The summed E-state index contributed by atoms with van der Waals surface area (Å²) in [4.78, 5) is 24.1. The number of esters is 1. The zero-order valence-electron chi connectivity index (χ0n) is 15.3. The number of nitrogens with one attached hydrogen (secondary N) is 1. The molecule has 0 unspecified atom stereocenters. The second-order valence-corrected chi connectivity index (χ2v) is 7.19. The number of hydrogen-bond acceptors (Lipinski definition) is 3. The first kappa shape index (κ1) is 21.0. The molecule has 0 aromatic heterocycles. The molecule has 1 amide bonds. The van der Waals surface area contributed by atoms with Gasteiger partial charge < -0.3 is 10.1 Å². The van der Waals surface area contributed by atoms with E-state index in [9.17, 15) is 9.59 Å². The maximum atomic E-state index is 12.2. The Morgan fingerprint density at radius 3 is 2.33 bits per heavy atom. The summed E-state index contributed by atoms with van der Waals surface area (Å²) in [5.41, 5.74) is 2.46. The van der Waals surface area contributed by atoms with Gasteiger partial charge >= 0.3 is 5.97 Å². The van der Waals surface area contributed by atoms with Crippen LogP contribution in [0.5, 0.6) is 0 Å². The van der Waals surface area contributed by atoms with E-state index in [1.807, 2.05) is 24.3 Å². The third kappa shape index (κ3) is 6.42. The van der Waals surface area contributed by atoms with Crippen molar-refractivity contribution in [3.8, 4) is 0 Å². The lowest BCUT2D eigenvalue weighted by molar-refractivity contribution is -0.148. The molecule has 0 heterocycles. The minimum Gasteiger partial charge on any atom is -0.449 e. The van der Waals surface area contributed by atoms with Crippen molar-refractivity contribution in [1.29, 1.82) is 0 Å². The van der Waals surface area contributed by atoms with Crippen LogP contribution in [-0.2, 0) is 14.3 Å². The fourth-order valence-corrected chi connectivity index (χ4v) is 2.59. The molecule has 1 atom stereocenters. The minimum absolute atomic E-state index is 0.344. The van der Waals surface area contributed by atoms with Gasteiger partial charge in [-0.15, -0.1) is 0 Å². The SMILES string of the molecule is CC(C)c1ccc(/C=C/C(=O)O[C@@H](C)C(=O)Nc2cc(Cl)ccc2Cl)cc1. The molecule has 6 heteroatoms. The first-order valence-corrected chi connectivity index (χ1v) is 9.26. The van der Waals surface area contributed by atoms with Gasteiger partial charge in [-0.3, -0.25) is 4.79 Å². The third-order valence-electron chi connectivity index (χ3n) is 3.86. The van der Waals surface area contributed by atoms with Gasteiger partial charge in [0.2, 0.25) is 0 Å². The van der Waals surface area contributed by atoms with Gasteiger partial charge in [0.15, 0.2) is 6.10 Å². The topological polar surface area (TPSA) is 55.4 Å². The molecule has 0 spiro atoms. The molecule has 0 fully saturated rings. The Morgan fingerprint density at radius 1 is 1.04 bits per heavy atom. The summed E-state index contributed by atoms with van der Waals surface area (Å²) in [6.45, 7) is 5.72. The summed E-state index contributed by atoms with van der Waals surface area (Å²) < 4.78 is 5.12. The molecule has 0 saturated carbocycles. The van der Waals surface area contributed by atoms with Gasteiger partial charge in [0.1, 0.15) is 0 Å². The number of halogens is 2. The normalized spacial score (nSPS) is 12.2. The largest absolute Gasteiger partial charge is 0.449 e. The average Bonchev–Trinajstić information content (AvgIpc) is 2.63. The van der Waals surface area contributed by atoms with E-state index in [0.29, 0.717) is 21.7 Å². The molecule has 4 nitrogen and oxygen atoms in total. The molecular weight excluding hydrogens is 385 g/mol. The monoisotopic (exact) mass is 405 g/mol. The summed E-state index contributed by atoms with van der Waals surface area (Å²) in [5, 5.41) is 3.37. The van der Waals surface area contributed by atoms with Crippen LogP contribution in [-0.4, -0.2) is 18.0 Å². The molecule has 0 saturated heterocycles. The molecular formula is C21H21Cl2NO3. The van der Waals surface area contributed by atoms with E-state index in [0.717, 1.165) is 5.56 Å². The number of benzene rings is 2. The van der Waals surface area contributed by atoms with E-state index in [1.54, 1.807) is 18.2 Å². The van der Waals surface area contributed by atoms with Crippen molar-refractivity contribution in [3.63, 3.8) is 0 Å². The summed E-state index contributed by atoms with van der Waals surface area (Å²) in [6.07, 6.45) is 1.95. The molecule has 2 aromatic rings. The molecule has 2 rings (SSSR count). The summed E-state index contributed by atoms with van der Waals surface area (Å²) >= 11 is 11.9. The number of hydrogen-bond donors (Lipinski definition) is 1. The van der Waals surface area contributed by atoms with Crippen molar-refractivity contribution >= 4 is 46.8 Å². The highest BCUT2D eigenvalue weighted by Gasteiger charge is 2.17. The van der Waals surface area contributed by atoms with Gasteiger partial charge in [0, 0.05) is 11.1 Å². The highest BCUT2D eigenvalue weighted by Crippen LogP contribution is 2.25. The second-order valence-electron chi connectivity index (χ2n) is 6.35. The van der Waals surface area contributed by atoms with E-state index in [1.165, 1.54) is 24.6 Å². The molecule has 0 aliphatic rings. The van der Waals surface area contributed by atoms with Crippen LogP contribution in [0.1, 0.15) is 37.8 Å². The van der Waals surface area contributed by atoms with Crippen molar-refractivity contribution in [2.75, 3.05) is 5.32 Å². The lowest BCUT2D eigenvalue weighted by atomic mass is 10.0.